The summed E-state index contributed by atoms with van der Waals surface area (Å²) in [5.41, 5.74) is 1.12. The van der Waals surface area contributed by atoms with Gasteiger partial charge >= 0.3 is 0 Å². The van der Waals surface area contributed by atoms with E-state index in [-0.39, 0.29) is 11.6 Å². The topological polar surface area (TPSA) is 52.0 Å². The van der Waals surface area contributed by atoms with Crippen LogP contribution in [0, 0.1) is 0 Å². The van der Waals surface area contributed by atoms with Crippen molar-refractivity contribution in [3.8, 4) is 0 Å². The van der Waals surface area contributed by atoms with E-state index in [0.29, 0.717) is 0 Å². The first-order valence-electron chi connectivity index (χ1n) is 5.89. The summed E-state index contributed by atoms with van der Waals surface area (Å²) in [7, 11) is 5.69. The van der Waals surface area contributed by atoms with Gasteiger partial charge in [-0.1, -0.05) is 5.21 Å². The summed E-state index contributed by atoms with van der Waals surface area (Å²) in [4.78, 5) is 0. The van der Waals surface area contributed by atoms with E-state index in [1.165, 1.54) is 6.42 Å². The Morgan fingerprint density at radius 3 is 2.65 bits per heavy atom. The van der Waals surface area contributed by atoms with Crippen LogP contribution in [0.2, 0.25) is 0 Å². The molecule has 1 unspecified atom stereocenters. The summed E-state index contributed by atoms with van der Waals surface area (Å²) >= 11 is 3.45. The summed E-state index contributed by atoms with van der Waals surface area (Å²) in [5.74, 6) is 0. The van der Waals surface area contributed by atoms with E-state index in [2.05, 4.69) is 31.6 Å². The van der Waals surface area contributed by atoms with Crippen LogP contribution in [0.1, 0.15) is 37.4 Å². The zero-order valence-electron chi connectivity index (χ0n) is 10.5. The van der Waals surface area contributed by atoms with Crippen molar-refractivity contribution >= 4 is 15.9 Å². The Morgan fingerprint density at radius 2 is 2.29 bits per heavy atom. The van der Waals surface area contributed by atoms with E-state index in [1.54, 1.807) is 0 Å². The van der Waals surface area contributed by atoms with E-state index < -0.39 is 0 Å². The molecule has 0 aromatic carbocycles. The van der Waals surface area contributed by atoms with Crippen LogP contribution in [-0.4, -0.2) is 34.8 Å². The highest BCUT2D eigenvalue weighted by molar-refractivity contribution is 9.10. The third-order valence-electron chi connectivity index (χ3n) is 3.78. The van der Waals surface area contributed by atoms with Crippen molar-refractivity contribution in [1.82, 2.24) is 20.3 Å². The minimum absolute atomic E-state index is 0.0391. The Balaban J connectivity index is 2.17. The largest absolute Gasteiger partial charge is 0.378 e. The smallest absolute Gasteiger partial charge is 0.153 e. The van der Waals surface area contributed by atoms with Gasteiger partial charge in [0.15, 0.2) is 4.60 Å². The summed E-state index contributed by atoms with van der Waals surface area (Å²) in [5, 5.41) is 11.4. The molecule has 1 N–H and O–H groups in total. The van der Waals surface area contributed by atoms with Crippen molar-refractivity contribution in [3.05, 3.63) is 10.3 Å². The van der Waals surface area contributed by atoms with Crippen molar-refractivity contribution in [2.24, 2.45) is 7.05 Å². The number of nitrogens with one attached hydrogen (secondary N) is 1. The first-order chi connectivity index (χ1) is 8.12. The number of aryl methyl sites for hydroxylation is 1. The molecule has 0 radical (unpaired) electrons. The number of rotatable bonds is 5. The third kappa shape index (κ3) is 2.39. The normalized spacial score (nSPS) is 20.0. The van der Waals surface area contributed by atoms with Crippen LogP contribution in [0.5, 0.6) is 0 Å². The molecule has 1 fully saturated rings. The maximum absolute atomic E-state index is 5.68. The average Bonchev–Trinajstić information content (AvgIpc) is 2.60. The lowest BCUT2D eigenvalue weighted by atomic mass is 9.75. The highest BCUT2D eigenvalue weighted by atomic mass is 79.9. The van der Waals surface area contributed by atoms with Gasteiger partial charge in [-0.15, -0.1) is 5.10 Å². The fourth-order valence-corrected chi connectivity index (χ4v) is 3.08. The number of ether oxygens (including phenoxy) is 1. The molecule has 1 aliphatic carbocycles. The molecule has 2 rings (SSSR count). The van der Waals surface area contributed by atoms with E-state index in [0.717, 1.165) is 29.6 Å². The van der Waals surface area contributed by atoms with Crippen molar-refractivity contribution < 1.29 is 4.74 Å². The zero-order valence-corrected chi connectivity index (χ0v) is 12.1. The SMILES string of the molecule is CNC(CC1(OC)CCC1)c1c(Br)nnn1C. The fraction of sp³-hybridized carbons (Fsp3) is 0.818. The molecule has 1 saturated carbocycles. The molecule has 1 heterocycles. The van der Waals surface area contributed by atoms with E-state index in [1.807, 2.05) is 25.9 Å². The second-order valence-electron chi connectivity index (χ2n) is 4.68. The van der Waals surface area contributed by atoms with Crippen LogP contribution in [0.15, 0.2) is 4.60 Å². The average molecular weight is 303 g/mol. The molecular formula is C11H19BrN4O. The van der Waals surface area contributed by atoms with E-state index in [4.69, 9.17) is 4.74 Å². The van der Waals surface area contributed by atoms with Gasteiger partial charge in [0.1, 0.15) is 0 Å². The summed E-state index contributed by atoms with van der Waals surface area (Å²) in [6.45, 7) is 0. The molecule has 0 spiro atoms. The van der Waals surface area contributed by atoms with Crippen molar-refractivity contribution in [2.45, 2.75) is 37.3 Å². The Bertz CT molecular complexity index is 364. The third-order valence-corrected chi connectivity index (χ3v) is 4.34. The van der Waals surface area contributed by atoms with Gasteiger partial charge in [-0.25, -0.2) is 4.68 Å². The van der Waals surface area contributed by atoms with Crippen LogP contribution in [-0.2, 0) is 11.8 Å². The molecule has 1 aromatic heterocycles. The number of hydrogen-bond donors (Lipinski definition) is 1. The molecule has 0 amide bonds. The van der Waals surface area contributed by atoms with Crippen LogP contribution in [0.3, 0.4) is 0 Å². The van der Waals surface area contributed by atoms with Gasteiger partial charge in [0.2, 0.25) is 0 Å². The zero-order chi connectivity index (χ0) is 12.5. The minimum Gasteiger partial charge on any atom is -0.378 e. The fourth-order valence-electron chi connectivity index (χ4n) is 2.48. The molecular weight excluding hydrogens is 284 g/mol. The maximum Gasteiger partial charge on any atom is 0.153 e. The quantitative estimate of drug-likeness (QED) is 0.901. The van der Waals surface area contributed by atoms with E-state index in [9.17, 15) is 0 Å². The number of aromatic nitrogens is 3. The molecule has 0 saturated heterocycles. The van der Waals surface area contributed by atoms with Crippen LogP contribution < -0.4 is 5.32 Å². The van der Waals surface area contributed by atoms with Crippen molar-refractivity contribution in [2.75, 3.05) is 14.2 Å². The molecule has 1 atom stereocenters. The lowest BCUT2D eigenvalue weighted by Crippen LogP contribution is -2.42. The first kappa shape index (κ1) is 13.0. The Hall–Kier alpha value is -0.460. The summed E-state index contributed by atoms with van der Waals surface area (Å²) < 4.78 is 8.30. The highest BCUT2D eigenvalue weighted by Crippen LogP contribution is 2.42. The molecule has 96 valence electrons. The van der Waals surface area contributed by atoms with Crippen molar-refractivity contribution in [1.29, 1.82) is 0 Å². The molecule has 0 aliphatic heterocycles. The van der Waals surface area contributed by atoms with Gasteiger partial charge in [-0.3, -0.25) is 0 Å². The van der Waals surface area contributed by atoms with Crippen molar-refractivity contribution in [3.63, 3.8) is 0 Å². The second kappa shape index (κ2) is 5.04. The number of hydrogen-bond acceptors (Lipinski definition) is 4. The van der Waals surface area contributed by atoms with Gasteiger partial charge in [0.25, 0.3) is 0 Å². The lowest BCUT2D eigenvalue weighted by Gasteiger charge is -2.42. The number of methoxy groups -OCH3 is 1. The maximum atomic E-state index is 5.68. The minimum atomic E-state index is 0.0391. The summed E-state index contributed by atoms with van der Waals surface area (Å²) in [6, 6.07) is 0.213. The number of halogens is 1. The highest BCUT2D eigenvalue weighted by Gasteiger charge is 2.40. The lowest BCUT2D eigenvalue weighted by molar-refractivity contribution is -0.0838. The Labute approximate surface area is 110 Å². The van der Waals surface area contributed by atoms with Gasteiger partial charge in [0, 0.05) is 14.2 Å². The monoisotopic (exact) mass is 302 g/mol. The molecule has 6 heteroatoms. The predicted molar refractivity (Wildman–Crippen MR) is 68.7 cm³/mol. The van der Waals surface area contributed by atoms with Crippen LogP contribution >= 0.6 is 15.9 Å². The van der Waals surface area contributed by atoms with Crippen LogP contribution in [0.4, 0.5) is 0 Å². The molecule has 17 heavy (non-hydrogen) atoms. The predicted octanol–water partition coefficient (Wildman–Crippen LogP) is 1.80. The standard InChI is InChI=1S/C11H19BrN4O/c1-13-8(7-11(17-3)5-4-6-11)9-10(12)14-15-16(9)2/h8,13H,4-7H2,1-3H3. The number of nitrogens with zero attached hydrogens (tertiary/aromatic N) is 3. The Kier molecular flexibility index (Phi) is 3.85. The summed E-state index contributed by atoms with van der Waals surface area (Å²) in [6.07, 6.45) is 4.50. The molecule has 1 aromatic rings. The molecule has 5 nitrogen and oxygen atoms in total. The second-order valence-corrected chi connectivity index (χ2v) is 5.43. The Morgan fingerprint density at radius 1 is 1.59 bits per heavy atom. The van der Waals surface area contributed by atoms with Gasteiger partial charge in [-0.2, -0.15) is 0 Å². The van der Waals surface area contributed by atoms with Crippen LogP contribution in [0.25, 0.3) is 0 Å². The van der Waals surface area contributed by atoms with Gasteiger partial charge in [-0.05, 0) is 48.7 Å². The molecule has 1 aliphatic rings. The first-order valence-corrected chi connectivity index (χ1v) is 6.69. The van der Waals surface area contributed by atoms with Gasteiger partial charge in [0.05, 0.1) is 17.3 Å². The van der Waals surface area contributed by atoms with E-state index >= 15 is 0 Å². The molecule has 0 bridgehead atoms. The van der Waals surface area contributed by atoms with Gasteiger partial charge < -0.3 is 10.1 Å².